The summed E-state index contributed by atoms with van der Waals surface area (Å²) in [6.07, 6.45) is 1.22. The van der Waals surface area contributed by atoms with Crippen molar-refractivity contribution >= 4 is 11.9 Å². The number of hydrogen-bond donors (Lipinski definition) is 2. The Balaban J connectivity index is 2.27. The van der Waals surface area contributed by atoms with Gasteiger partial charge in [0, 0.05) is 6.54 Å². The molecule has 20 heavy (non-hydrogen) atoms. The molecule has 0 aromatic heterocycles. The van der Waals surface area contributed by atoms with Gasteiger partial charge < -0.3 is 20.1 Å². The normalized spacial score (nSPS) is 21.9. The number of esters is 1. The van der Waals surface area contributed by atoms with Crippen LogP contribution in [0.25, 0.3) is 0 Å². The summed E-state index contributed by atoms with van der Waals surface area (Å²) < 4.78 is 4.98. The molecule has 0 atom stereocenters. The molecule has 0 aromatic rings. The van der Waals surface area contributed by atoms with E-state index in [9.17, 15) is 14.7 Å². The second-order valence-electron chi connectivity index (χ2n) is 5.39. The highest BCUT2D eigenvalue weighted by Gasteiger charge is 2.43. The Morgan fingerprint density at radius 2 is 2.10 bits per heavy atom. The number of rotatable bonds is 4. The number of cyclic esters (lactones) is 1. The van der Waals surface area contributed by atoms with E-state index in [0.29, 0.717) is 30.7 Å². The first-order valence-electron chi connectivity index (χ1n) is 7.06. The van der Waals surface area contributed by atoms with Gasteiger partial charge in [-0.1, -0.05) is 0 Å². The van der Waals surface area contributed by atoms with E-state index < -0.39 is 5.41 Å². The SMILES string of the molecule is CCN(C(=O)C1(CO)CCNCC1)C1=C(C)C(=O)OC1. The number of likely N-dealkylation sites (N-methyl/N-ethyl adjacent to an activating group) is 1. The van der Waals surface area contributed by atoms with Gasteiger partial charge in [-0.25, -0.2) is 4.79 Å². The van der Waals surface area contributed by atoms with Gasteiger partial charge in [-0.05, 0) is 39.8 Å². The number of piperidine rings is 1. The fourth-order valence-electron chi connectivity index (χ4n) is 2.84. The molecular weight excluding hydrogens is 260 g/mol. The number of aliphatic hydroxyl groups is 1. The lowest BCUT2D eigenvalue weighted by molar-refractivity contribution is -0.145. The van der Waals surface area contributed by atoms with E-state index in [1.165, 1.54) is 0 Å². The zero-order valence-electron chi connectivity index (χ0n) is 12.1. The summed E-state index contributed by atoms with van der Waals surface area (Å²) in [7, 11) is 0. The van der Waals surface area contributed by atoms with Crippen molar-refractivity contribution in [1.82, 2.24) is 10.2 Å². The summed E-state index contributed by atoms with van der Waals surface area (Å²) in [6, 6.07) is 0. The Morgan fingerprint density at radius 1 is 1.45 bits per heavy atom. The lowest BCUT2D eigenvalue weighted by atomic mass is 9.78. The van der Waals surface area contributed by atoms with Crippen LogP contribution in [0.1, 0.15) is 26.7 Å². The zero-order chi connectivity index (χ0) is 14.8. The number of amides is 1. The van der Waals surface area contributed by atoms with Crippen LogP contribution in [0.15, 0.2) is 11.3 Å². The van der Waals surface area contributed by atoms with Crippen LogP contribution in [0.2, 0.25) is 0 Å². The number of nitrogens with zero attached hydrogens (tertiary/aromatic N) is 1. The van der Waals surface area contributed by atoms with Crippen LogP contribution in [-0.4, -0.2) is 54.7 Å². The molecule has 0 radical (unpaired) electrons. The largest absolute Gasteiger partial charge is 0.456 e. The molecule has 2 heterocycles. The molecule has 1 saturated heterocycles. The van der Waals surface area contributed by atoms with Crippen molar-refractivity contribution < 1.29 is 19.4 Å². The summed E-state index contributed by atoms with van der Waals surface area (Å²) in [5.41, 5.74) is 0.385. The average molecular weight is 282 g/mol. The van der Waals surface area contributed by atoms with E-state index in [4.69, 9.17) is 4.74 Å². The predicted octanol–water partition coefficient (Wildman–Crippen LogP) is 0.0278. The first kappa shape index (κ1) is 15.0. The number of ether oxygens (including phenoxy) is 1. The summed E-state index contributed by atoms with van der Waals surface area (Å²) >= 11 is 0. The van der Waals surface area contributed by atoms with E-state index >= 15 is 0 Å². The van der Waals surface area contributed by atoms with Crippen LogP contribution >= 0.6 is 0 Å². The smallest absolute Gasteiger partial charge is 0.336 e. The molecule has 2 rings (SSSR count). The van der Waals surface area contributed by atoms with Crippen LogP contribution in [0.4, 0.5) is 0 Å². The summed E-state index contributed by atoms with van der Waals surface area (Å²) in [5.74, 6) is -0.466. The maximum atomic E-state index is 12.9. The van der Waals surface area contributed by atoms with E-state index in [1.807, 2.05) is 6.92 Å². The number of aliphatic hydroxyl groups excluding tert-OH is 1. The second kappa shape index (κ2) is 5.93. The molecule has 0 unspecified atom stereocenters. The maximum Gasteiger partial charge on any atom is 0.336 e. The molecular formula is C14H22N2O4. The van der Waals surface area contributed by atoms with Crippen molar-refractivity contribution in [3.63, 3.8) is 0 Å². The summed E-state index contributed by atoms with van der Waals surface area (Å²) in [4.78, 5) is 25.9. The van der Waals surface area contributed by atoms with Gasteiger partial charge in [0.15, 0.2) is 0 Å². The highest BCUT2D eigenvalue weighted by atomic mass is 16.5. The Morgan fingerprint density at radius 3 is 2.55 bits per heavy atom. The number of carbonyl (C=O) groups is 2. The van der Waals surface area contributed by atoms with E-state index in [0.717, 1.165) is 13.1 Å². The number of nitrogens with one attached hydrogen (secondary N) is 1. The third-order valence-corrected chi connectivity index (χ3v) is 4.28. The Kier molecular flexibility index (Phi) is 4.45. The molecule has 1 amide bonds. The minimum atomic E-state index is -0.736. The molecule has 6 heteroatoms. The minimum Gasteiger partial charge on any atom is -0.456 e. The molecule has 112 valence electrons. The summed E-state index contributed by atoms with van der Waals surface area (Å²) in [6.45, 7) is 5.43. The molecule has 2 aliphatic rings. The van der Waals surface area contributed by atoms with Crippen LogP contribution in [0.3, 0.4) is 0 Å². The fraction of sp³-hybridized carbons (Fsp3) is 0.714. The van der Waals surface area contributed by atoms with Crippen LogP contribution in [0, 0.1) is 5.41 Å². The molecule has 0 saturated carbocycles. The van der Waals surface area contributed by atoms with Gasteiger partial charge in [-0.2, -0.15) is 0 Å². The highest BCUT2D eigenvalue weighted by molar-refractivity contribution is 5.93. The fourth-order valence-corrected chi connectivity index (χ4v) is 2.84. The summed E-state index contributed by atoms with van der Waals surface area (Å²) in [5, 5.41) is 12.9. The van der Waals surface area contributed by atoms with Gasteiger partial charge in [0.05, 0.1) is 23.3 Å². The lowest BCUT2D eigenvalue weighted by Gasteiger charge is -2.38. The van der Waals surface area contributed by atoms with E-state index in [1.54, 1.807) is 11.8 Å². The molecule has 6 nitrogen and oxygen atoms in total. The van der Waals surface area contributed by atoms with Gasteiger partial charge in [0.1, 0.15) is 6.61 Å². The first-order chi connectivity index (χ1) is 9.55. The van der Waals surface area contributed by atoms with Crippen molar-refractivity contribution in [2.24, 2.45) is 5.41 Å². The quantitative estimate of drug-likeness (QED) is 0.711. The lowest BCUT2D eigenvalue weighted by Crippen LogP contribution is -2.51. The molecule has 0 aromatic carbocycles. The molecule has 2 aliphatic heterocycles. The van der Waals surface area contributed by atoms with Gasteiger partial charge >= 0.3 is 5.97 Å². The Hall–Kier alpha value is -1.40. The average Bonchev–Trinajstić information content (AvgIpc) is 2.81. The van der Waals surface area contributed by atoms with Gasteiger partial charge in [-0.3, -0.25) is 4.79 Å². The maximum absolute atomic E-state index is 12.9. The Bertz CT molecular complexity index is 438. The Labute approximate surface area is 118 Å². The van der Waals surface area contributed by atoms with Crippen molar-refractivity contribution in [2.45, 2.75) is 26.7 Å². The van der Waals surface area contributed by atoms with Crippen LogP contribution in [-0.2, 0) is 14.3 Å². The first-order valence-corrected chi connectivity index (χ1v) is 7.06. The van der Waals surface area contributed by atoms with Crippen molar-refractivity contribution in [3.05, 3.63) is 11.3 Å². The molecule has 1 fully saturated rings. The van der Waals surface area contributed by atoms with E-state index in [-0.39, 0.29) is 25.1 Å². The molecule has 0 bridgehead atoms. The second-order valence-corrected chi connectivity index (χ2v) is 5.39. The van der Waals surface area contributed by atoms with Gasteiger partial charge in [-0.15, -0.1) is 0 Å². The van der Waals surface area contributed by atoms with Crippen LogP contribution in [0.5, 0.6) is 0 Å². The van der Waals surface area contributed by atoms with Crippen LogP contribution < -0.4 is 5.32 Å². The molecule has 0 spiro atoms. The monoisotopic (exact) mass is 282 g/mol. The zero-order valence-corrected chi connectivity index (χ0v) is 12.1. The van der Waals surface area contributed by atoms with Gasteiger partial charge in [0.2, 0.25) is 5.91 Å². The topological polar surface area (TPSA) is 78.9 Å². The highest BCUT2D eigenvalue weighted by Crippen LogP contribution is 2.33. The third kappa shape index (κ3) is 2.45. The van der Waals surface area contributed by atoms with Crippen molar-refractivity contribution in [2.75, 3.05) is 32.8 Å². The van der Waals surface area contributed by atoms with Gasteiger partial charge in [0.25, 0.3) is 0 Å². The molecule has 0 aliphatic carbocycles. The number of carbonyl (C=O) groups excluding carboxylic acids is 2. The predicted molar refractivity (Wildman–Crippen MR) is 72.7 cm³/mol. The van der Waals surface area contributed by atoms with Crippen molar-refractivity contribution in [3.8, 4) is 0 Å². The number of hydrogen-bond acceptors (Lipinski definition) is 5. The standard InChI is InChI=1S/C14H22N2O4/c1-3-16(11-8-20-12(18)10(11)2)13(19)14(9-17)4-6-15-7-5-14/h15,17H,3-9H2,1-2H3. The molecule has 2 N–H and O–H groups in total. The third-order valence-electron chi connectivity index (χ3n) is 4.28. The minimum absolute atomic E-state index is 0.100. The van der Waals surface area contributed by atoms with E-state index in [2.05, 4.69) is 5.32 Å². The van der Waals surface area contributed by atoms with Crippen molar-refractivity contribution in [1.29, 1.82) is 0 Å².